The summed E-state index contributed by atoms with van der Waals surface area (Å²) in [5.74, 6) is 1.33. The smallest absolute Gasteiger partial charge is 0.243 e. The van der Waals surface area contributed by atoms with E-state index in [1.165, 1.54) is 0 Å². The molecule has 5 rings (SSSR count). The lowest BCUT2D eigenvalue weighted by atomic mass is 10.0. The van der Waals surface area contributed by atoms with E-state index < -0.39 is 0 Å². The topological polar surface area (TPSA) is 42.9 Å². The second-order valence-electron chi connectivity index (χ2n) is 7.97. The van der Waals surface area contributed by atoms with Crippen LogP contribution < -0.4 is 4.90 Å². The van der Waals surface area contributed by atoms with E-state index in [1.54, 1.807) is 11.3 Å². The number of hydrogen-bond donors (Lipinski definition) is 0. The van der Waals surface area contributed by atoms with Gasteiger partial charge in [-0.25, -0.2) is 4.85 Å². The summed E-state index contributed by atoms with van der Waals surface area (Å²) in [6, 6.07) is 9.39. The van der Waals surface area contributed by atoms with Gasteiger partial charge in [-0.05, 0) is 49.9 Å². The van der Waals surface area contributed by atoms with E-state index in [9.17, 15) is 0 Å². The lowest BCUT2D eigenvalue weighted by Crippen LogP contribution is -2.36. The molecule has 3 heterocycles. The first-order valence-corrected chi connectivity index (χ1v) is 12.0. The van der Waals surface area contributed by atoms with Crippen LogP contribution in [0.3, 0.4) is 0 Å². The Balaban J connectivity index is 1.29. The predicted molar refractivity (Wildman–Crippen MR) is 125 cm³/mol. The zero-order valence-electron chi connectivity index (χ0n) is 16.8. The number of rotatable bonds is 6. The van der Waals surface area contributed by atoms with E-state index in [2.05, 4.69) is 14.9 Å². The summed E-state index contributed by atoms with van der Waals surface area (Å²) in [6.45, 7) is 9.44. The van der Waals surface area contributed by atoms with Crippen molar-refractivity contribution in [3.63, 3.8) is 0 Å². The van der Waals surface area contributed by atoms with Crippen molar-refractivity contribution in [1.82, 2.24) is 5.16 Å². The molecule has 0 radical (unpaired) electrons. The number of ether oxygens (including phenoxy) is 1. The molecule has 8 heteroatoms. The van der Waals surface area contributed by atoms with Gasteiger partial charge in [-0.1, -0.05) is 34.4 Å². The average molecular weight is 474 g/mol. The van der Waals surface area contributed by atoms with Crippen molar-refractivity contribution >= 4 is 44.5 Å². The summed E-state index contributed by atoms with van der Waals surface area (Å²) in [5.41, 5.74) is 2.38. The molecule has 1 aliphatic heterocycles. The summed E-state index contributed by atoms with van der Waals surface area (Å²) in [5, 5.41) is 7.36. The summed E-state index contributed by atoms with van der Waals surface area (Å²) in [6.07, 6.45) is 4.29. The van der Waals surface area contributed by atoms with Gasteiger partial charge in [-0.2, -0.15) is 0 Å². The van der Waals surface area contributed by atoms with Crippen LogP contribution >= 0.6 is 34.5 Å². The number of benzene rings is 1. The first kappa shape index (κ1) is 20.8. The number of hydrogen-bond acceptors (Lipinski definition) is 5. The van der Waals surface area contributed by atoms with Crippen LogP contribution in [0.1, 0.15) is 42.9 Å². The molecular weight excluding hydrogens is 453 g/mol. The molecule has 160 valence electrons. The van der Waals surface area contributed by atoms with Crippen molar-refractivity contribution in [1.29, 1.82) is 0 Å². The first-order valence-electron chi connectivity index (χ1n) is 10.4. The summed E-state index contributed by atoms with van der Waals surface area (Å²) >= 11 is 14.4. The minimum Gasteiger partial charge on any atom is -0.373 e. The van der Waals surface area contributed by atoms with Crippen LogP contribution in [0.25, 0.3) is 16.1 Å². The van der Waals surface area contributed by atoms with Crippen molar-refractivity contribution in [2.45, 2.75) is 44.3 Å². The molecule has 1 saturated carbocycles. The van der Waals surface area contributed by atoms with Gasteiger partial charge in [0.15, 0.2) is 0 Å². The second kappa shape index (κ2) is 8.84. The van der Waals surface area contributed by atoms with Crippen LogP contribution in [0.5, 0.6) is 0 Å². The van der Waals surface area contributed by atoms with E-state index in [0.717, 1.165) is 60.1 Å². The molecule has 5 nitrogen and oxygen atoms in total. The highest BCUT2D eigenvalue weighted by molar-refractivity contribution is 7.20. The predicted octanol–water partition coefficient (Wildman–Crippen LogP) is 7.32. The SMILES string of the molecule is [C-]#[N+]c1ccc(N2CCC(OCc3c(-c4c(Cl)cccc4Cl)noc3C3CC3)CC2)s1. The fourth-order valence-corrected chi connectivity index (χ4v) is 5.46. The van der Waals surface area contributed by atoms with Crippen LogP contribution in [0.2, 0.25) is 10.0 Å². The van der Waals surface area contributed by atoms with Gasteiger partial charge in [-0.3, -0.25) is 0 Å². The fourth-order valence-electron chi connectivity index (χ4n) is 4.04. The van der Waals surface area contributed by atoms with E-state index >= 15 is 0 Å². The third-order valence-corrected chi connectivity index (χ3v) is 7.54. The number of nitrogens with zero attached hydrogens (tertiary/aromatic N) is 3. The zero-order valence-corrected chi connectivity index (χ0v) is 19.1. The van der Waals surface area contributed by atoms with Gasteiger partial charge in [0, 0.05) is 30.1 Å². The van der Waals surface area contributed by atoms with Gasteiger partial charge in [0.25, 0.3) is 0 Å². The summed E-state index contributed by atoms with van der Waals surface area (Å²) in [4.78, 5) is 5.85. The van der Waals surface area contributed by atoms with Crippen molar-refractivity contribution in [3.05, 3.63) is 63.1 Å². The van der Waals surface area contributed by atoms with Gasteiger partial charge in [0.2, 0.25) is 5.00 Å². The molecule has 2 aliphatic rings. The Labute approximate surface area is 195 Å². The van der Waals surface area contributed by atoms with E-state index in [4.69, 9.17) is 39.0 Å². The number of aromatic nitrogens is 1. The minimum absolute atomic E-state index is 0.174. The monoisotopic (exact) mass is 473 g/mol. The number of thiophene rings is 1. The molecule has 1 aliphatic carbocycles. The minimum atomic E-state index is 0.174. The quantitative estimate of drug-likeness (QED) is 0.351. The largest absolute Gasteiger partial charge is 0.373 e. The van der Waals surface area contributed by atoms with Crippen LogP contribution in [-0.4, -0.2) is 24.4 Å². The lowest BCUT2D eigenvalue weighted by molar-refractivity contribution is 0.0247. The molecule has 1 aromatic carbocycles. The van der Waals surface area contributed by atoms with Crippen LogP contribution in [0, 0.1) is 6.57 Å². The molecule has 3 aromatic rings. The van der Waals surface area contributed by atoms with Crippen molar-refractivity contribution in [3.8, 4) is 11.3 Å². The summed E-state index contributed by atoms with van der Waals surface area (Å²) in [7, 11) is 0. The number of piperidine rings is 1. The molecule has 0 amide bonds. The molecule has 0 unspecified atom stereocenters. The maximum absolute atomic E-state index is 7.15. The van der Waals surface area contributed by atoms with Gasteiger partial charge in [-0.15, -0.1) is 11.3 Å². The van der Waals surface area contributed by atoms with E-state index in [0.29, 0.717) is 33.8 Å². The Bertz CT molecular complexity index is 1100. The Morgan fingerprint density at radius 3 is 2.52 bits per heavy atom. The highest BCUT2D eigenvalue weighted by Crippen LogP contribution is 2.46. The Kier molecular flexibility index (Phi) is 5.94. The van der Waals surface area contributed by atoms with Crippen molar-refractivity contribution in [2.24, 2.45) is 0 Å². The number of halogens is 2. The third-order valence-electron chi connectivity index (χ3n) is 5.87. The highest BCUT2D eigenvalue weighted by Gasteiger charge is 2.34. The van der Waals surface area contributed by atoms with Gasteiger partial charge < -0.3 is 14.2 Å². The average Bonchev–Trinajstić information content (AvgIpc) is 3.36. The van der Waals surface area contributed by atoms with Crippen molar-refractivity contribution in [2.75, 3.05) is 18.0 Å². The molecule has 0 atom stereocenters. The first-order chi connectivity index (χ1) is 15.1. The molecular formula is C23H21Cl2N3O2S. The van der Waals surface area contributed by atoms with E-state index in [-0.39, 0.29) is 6.10 Å². The highest BCUT2D eigenvalue weighted by atomic mass is 35.5. The second-order valence-corrected chi connectivity index (χ2v) is 9.82. The molecule has 2 fully saturated rings. The van der Waals surface area contributed by atoms with Gasteiger partial charge in [0.1, 0.15) is 11.5 Å². The lowest BCUT2D eigenvalue weighted by Gasteiger charge is -2.32. The standard InChI is InChI=1S/C23H21Cl2N3O2S/c1-26-19-7-8-20(31-19)28-11-9-15(10-12-28)29-13-16-22(27-30-23(16)14-5-6-14)21-17(24)3-2-4-18(21)25/h2-4,7-8,14-15H,5-6,9-13H2. The molecule has 1 saturated heterocycles. The molecule has 0 spiro atoms. The normalized spacial score (nSPS) is 17.1. The maximum Gasteiger partial charge on any atom is 0.243 e. The summed E-state index contributed by atoms with van der Waals surface area (Å²) < 4.78 is 12.1. The molecule has 31 heavy (non-hydrogen) atoms. The molecule has 2 aromatic heterocycles. The number of anilines is 1. The Morgan fingerprint density at radius 2 is 1.87 bits per heavy atom. The molecule has 0 bridgehead atoms. The fraction of sp³-hybridized carbons (Fsp3) is 0.391. The van der Waals surface area contributed by atoms with Crippen LogP contribution in [0.15, 0.2) is 34.9 Å². The van der Waals surface area contributed by atoms with Crippen LogP contribution in [0.4, 0.5) is 10.0 Å². The van der Waals surface area contributed by atoms with Gasteiger partial charge >= 0.3 is 0 Å². The van der Waals surface area contributed by atoms with Crippen LogP contribution in [-0.2, 0) is 11.3 Å². The Hall–Kier alpha value is -2.04. The molecule has 0 N–H and O–H groups in total. The van der Waals surface area contributed by atoms with Gasteiger partial charge in [0.05, 0.1) is 34.3 Å². The third kappa shape index (κ3) is 4.33. The van der Waals surface area contributed by atoms with E-state index in [1.807, 2.05) is 30.3 Å². The zero-order chi connectivity index (χ0) is 21.4. The maximum atomic E-state index is 7.15. The van der Waals surface area contributed by atoms with Crippen molar-refractivity contribution < 1.29 is 9.26 Å². The Morgan fingerprint density at radius 1 is 1.13 bits per heavy atom.